The highest BCUT2D eigenvalue weighted by Crippen LogP contribution is 2.46. The molecule has 30 heavy (non-hydrogen) atoms. The number of nitrogens with zero attached hydrogens (tertiary/aromatic N) is 2. The molecule has 0 N–H and O–H groups in total. The molecule has 0 radical (unpaired) electrons. The van der Waals surface area contributed by atoms with Gasteiger partial charge >= 0.3 is 0 Å². The van der Waals surface area contributed by atoms with Crippen LogP contribution in [0, 0.1) is 27.7 Å². The Labute approximate surface area is 192 Å². The summed E-state index contributed by atoms with van der Waals surface area (Å²) in [5.41, 5.74) is 10.3. The van der Waals surface area contributed by atoms with E-state index in [4.69, 9.17) is 8.75 Å². The Kier molecular flexibility index (Phi) is 5.44. The Morgan fingerprint density at radius 2 is 1.23 bits per heavy atom. The van der Waals surface area contributed by atoms with Gasteiger partial charge in [0, 0.05) is 30.6 Å². The second-order valence-corrected chi connectivity index (χ2v) is 12.2. The van der Waals surface area contributed by atoms with Crippen LogP contribution in [0.15, 0.2) is 12.1 Å². The highest BCUT2D eigenvalue weighted by molar-refractivity contribution is 7.16. The van der Waals surface area contributed by atoms with Crippen LogP contribution in [0.25, 0.3) is 31.9 Å². The largest absolute Gasteiger partial charge is 0.172 e. The maximum Gasteiger partial charge on any atom is 0.114 e. The van der Waals surface area contributed by atoms with Crippen LogP contribution in [-0.2, 0) is 5.41 Å². The lowest BCUT2D eigenvalue weighted by Crippen LogP contribution is -2.10. The maximum atomic E-state index is 4.76. The number of hydrogen-bond acceptors (Lipinski definition) is 5. The molecule has 4 rings (SSSR count). The highest BCUT2D eigenvalue weighted by Gasteiger charge is 2.25. The first-order valence-electron chi connectivity index (χ1n) is 10.5. The molecule has 0 saturated heterocycles. The number of rotatable bonds is 3. The predicted octanol–water partition coefficient (Wildman–Crippen LogP) is 8.80. The lowest BCUT2D eigenvalue weighted by atomic mass is 9.90. The molecule has 0 amide bonds. The molecule has 0 aliphatic heterocycles. The van der Waals surface area contributed by atoms with Crippen molar-refractivity contribution in [3.63, 3.8) is 0 Å². The van der Waals surface area contributed by atoms with Gasteiger partial charge in [-0.2, -0.15) is 8.75 Å². The van der Waals surface area contributed by atoms with E-state index >= 15 is 0 Å². The lowest BCUT2D eigenvalue weighted by molar-refractivity contribution is 0.600. The molecule has 0 bridgehead atoms. The Balaban J connectivity index is 1.93. The maximum absolute atomic E-state index is 4.76. The molecule has 0 saturated carbocycles. The van der Waals surface area contributed by atoms with Gasteiger partial charge in [-0.25, -0.2) is 0 Å². The zero-order valence-electron chi connectivity index (χ0n) is 19.4. The van der Waals surface area contributed by atoms with Crippen molar-refractivity contribution in [2.75, 3.05) is 0 Å². The third-order valence-electron chi connectivity index (χ3n) is 6.04. The van der Waals surface area contributed by atoms with Crippen molar-refractivity contribution in [2.24, 2.45) is 0 Å². The van der Waals surface area contributed by atoms with E-state index in [2.05, 4.69) is 74.4 Å². The minimum absolute atomic E-state index is 0.149. The summed E-state index contributed by atoms with van der Waals surface area (Å²) in [5.74, 6) is 0.540. The van der Waals surface area contributed by atoms with Gasteiger partial charge in [-0.15, -0.1) is 22.7 Å². The number of hydrogen-bond donors (Lipinski definition) is 0. The van der Waals surface area contributed by atoms with Crippen molar-refractivity contribution < 1.29 is 0 Å². The Morgan fingerprint density at radius 1 is 0.733 bits per heavy atom. The molecule has 0 spiro atoms. The van der Waals surface area contributed by atoms with Crippen LogP contribution in [-0.4, -0.2) is 8.75 Å². The van der Waals surface area contributed by atoms with Crippen molar-refractivity contribution >= 4 is 45.4 Å². The molecule has 0 atom stereocenters. The van der Waals surface area contributed by atoms with E-state index in [1.54, 1.807) is 0 Å². The van der Waals surface area contributed by atoms with E-state index in [1.165, 1.54) is 64.6 Å². The topological polar surface area (TPSA) is 25.8 Å². The molecular formula is C25H30N2S3. The van der Waals surface area contributed by atoms with E-state index in [0.29, 0.717) is 5.92 Å². The Hall–Kier alpha value is -1.56. The molecular weight excluding hydrogens is 424 g/mol. The number of benzene rings is 1. The van der Waals surface area contributed by atoms with Gasteiger partial charge in [-0.05, 0) is 61.3 Å². The van der Waals surface area contributed by atoms with Crippen LogP contribution in [0.4, 0.5) is 0 Å². The van der Waals surface area contributed by atoms with Gasteiger partial charge < -0.3 is 0 Å². The van der Waals surface area contributed by atoms with Crippen LogP contribution >= 0.6 is 34.4 Å². The fourth-order valence-electron chi connectivity index (χ4n) is 4.23. The molecule has 158 valence electrons. The Morgan fingerprint density at radius 3 is 1.67 bits per heavy atom. The summed E-state index contributed by atoms with van der Waals surface area (Å²) < 4.78 is 9.51. The summed E-state index contributed by atoms with van der Waals surface area (Å²) in [6.45, 7) is 20.4. The summed E-state index contributed by atoms with van der Waals surface area (Å²) in [4.78, 5) is 5.61. The van der Waals surface area contributed by atoms with E-state index < -0.39 is 0 Å². The van der Waals surface area contributed by atoms with Gasteiger partial charge in [0.15, 0.2) is 0 Å². The zero-order valence-corrected chi connectivity index (χ0v) is 21.8. The van der Waals surface area contributed by atoms with Crippen molar-refractivity contribution in [2.45, 2.75) is 73.6 Å². The Bertz CT molecular complexity index is 1250. The molecule has 3 aromatic heterocycles. The normalized spacial score (nSPS) is 12.5. The van der Waals surface area contributed by atoms with E-state index in [1.807, 2.05) is 22.7 Å². The fourth-order valence-corrected chi connectivity index (χ4v) is 7.54. The van der Waals surface area contributed by atoms with E-state index in [0.717, 1.165) is 11.0 Å². The lowest BCUT2D eigenvalue weighted by Gasteiger charge is -2.17. The molecule has 0 aliphatic rings. The van der Waals surface area contributed by atoms with Crippen molar-refractivity contribution in [1.29, 1.82) is 0 Å². The third kappa shape index (κ3) is 3.35. The van der Waals surface area contributed by atoms with Crippen LogP contribution in [0.1, 0.15) is 72.5 Å². The second-order valence-electron chi connectivity index (χ2n) is 9.58. The molecule has 0 aliphatic carbocycles. The molecule has 2 nitrogen and oxygen atoms in total. The number of thiophene rings is 2. The first-order valence-corrected chi connectivity index (χ1v) is 12.8. The smallest absolute Gasteiger partial charge is 0.114 e. The summed E-state index contributed by atoms with van der Waals surface area (Å²) in [6.07, 6.45) is 0. The highest BCUT2D eigenvalue weighted by atomic mass is 32.1. The molecule has 5 heteroatoms. The number of fused-ring (bicyclic) bond motifs is 1. The molecule has 3 heterocycles. The quantitative estimate of drug-likeness (QED) is 0.309. The SMILES string of the molecule is Cc1c(-c2ccc(-c3sc(C(C)(C)C)c(C)c3C)c3nsnc23)sc(C(C)C)c1C. The summed E-state index contributed by atoms with van der Waals surface area (Å²) >= 11 is 5.16. The number of aromatic nitrogens is 2. The summed E-state index contributed by atoms with van der Waals surface area (Å²) in [6, 6.07) is 4.54. The molecule has 4 aromatic rings. The van der Waals surface area contributed by atoms with Gasteiger partial charge in [-0.1, -0.05) is 46.8 Å². The van der Waals surface area contributed by atoms with Crippen molar-refractivity contribution in [3.8, 4) is 20.9 Å². The first kappa shape index (κ1) is 21.7. The molecule has 0 unspecified atom stereocenters. The minimum atomic E-state index is 0.149. The van der Waals surface area contributed by atoms with Crippen molar-refractivity contribution in [3.05, 3.63) is 44.1 Å². The van der Waals surface area contributed by atoms with Crippen LogP contribution in [0.5, 0.6) is 0 Å². The summed E-state index contributed by atoms with van der Waals surface area (Å²) in [7, 11) is 0. The van der Waals surface area contributed by atoms with Gasteiger partial charge in [-0.3, -0.25) is 0 Å². The fraction of sp³-hybridized carbons (Fsp3) is 0.440. The first-order chi connectivity index (χ1) is 14.0. The van der Waals surface area contributed by atoms with Gasteiger partial charge in [0.1, 0.15) is 11.0 Å². The van der Waals surface area contributed by atoms with Gasteiger partial charge in [0.05, 0.1) is 11.7 Å². The van der Waals surface area contributed by atoms with E-state index in [9.17, 15) is 0 Å². The summed E-state index contributed by atoms with van der Waals surface area (Å²) in [5, 5.41) is 0. The molecule has 1 aromatic carbocycles. The van der Waals surface area contributed by atoms with Gasteiger partial charge in [0.2, 0.25) is 0 Å². The van der Waals surface area contributed by atoms with Gasteiger partial charge in [0.25, 0.3) is 0 Å². The predicted molar refractivity (Wildman–Crippen MR) is 136 cm³/mol. The third-order valence-corrected chi connectivity index (χ3v) is 10.2. The van der Waals surface area contributed by atoms with Crippen LogP contribution in [0.2, 0.25) is 0 Å². The minimum Gasteiger partial charge on any atom is -0.172 e. The molecule has 0 fully saturated rings. The average molecular weight is 455 g/mol. The van der Waals surface area contributed by atoms with E-state index in [-0.39, 0.29) is 5.41 Å². The average Bonchev–Trinajstić information content (AvgIpc) is 3.34. The van der Waals surface area contributed by atoms with Crippen LogP contribution in [0.3, 0.4) is 0 Å². The monoisotopic (exact) mass is 454 g/mol. The van der Waals surface area contributed by atoms with Crippen LogP contribution < -0.4 is 0 Å². The standard InChI is InChI=1S/C25H30N2S3/c1-12(2)21-13(3)14(4)22(28-21)17-10-11-18(20-19(17)26-30-27-20)23-15(5)16(6)24(29-23)25(7,8)9/h10-12H,1-9H3. The zero-order chi connectivity index (χ0) is 22.0. The second kappa shape index (κ2) is 7.54. The van der Waals surface area contributed by atoms with Crippen molar-refractivity contribution in [1.82, 2.24) is 8.75 Å².